The number of hydrogen-bond donors (Lipinski definition) is 2. The molecule has 3 heterocycles. The first kappa shape index (κ1) is 21.5. The van der Waals surface area contributed by atoms with Gasteiger partial charge in [-0.2, -0.15) is 5.10 Å². The molecule has 0 saturated heterocycles. The minimum Gasteiger partial charge on any atom is -0.491 e. The number of fused-ring (bicyclic) bond motifs is 2. The summed E-state index contributed by atoms with van der Waals surface area (Å²) in [5, 5.41) is 18.2. The van der Waals surface area contributed by atoms with Gasteiger partial charge < -0.3 is 20.1 Å². The lowest BCUT2D eigenvalue weighted by Gasteiger charge is -2.32. The highest BCUT2D eigenvalue weighted by atomic mass is 16.5. The number of aryl methyl sites for hydroxylation is 1. The molecule has 0 aliphatic carbocycles. The standard InChI is InChI=1S/C25H29N5O3/c1-28-15-21(13-26-28)27-20-6-7-24-23(12-20)25(32)30(10-11-33-24)17-22(31)16-29-9-8-18-4-2-3-5-19(18)14-29/h2-7,12-13,15,22,27,31H,8-11,14,16-17H2,1H3. The van der Waals surface area contributed by atoms with Crippen LogP contribution in [0.25, 0.3) is 0 Å². The van der Waals surface area contributed by atoms with Crippen molar-refractivity contribution in [2.24, 2.45) is 7.05 Å². The molecule has 3 aromatic rings. The Bertz CT molecular complexity index is 1140. The maximum absolute atomic E-state index is 13.3. The van der Waals surface area contributed by atoms with Crippen LogP contribution >= 0.6 is 0 Å². The van der Waals surface area contributed by atoms with Gasteiger partial charge in [0.15, 0.2) is 0 Å². The SMILES string of the molecule is Cn1cc(Nc2ccc3c(c2)C(=O)N(CC(O)CN2CCc4ccccc4C2)CCO3)cn1. The summed E-state index contributed by atoms with van der Waals surface area (Å²) in [4.78, 5) is 17.3. The molecule has 8 heteroatoms. The van der Waals surface area contributed by atoms with Gasteiger partial charge in [0.05, 0.1) is 30.1 Å². The van der Waals surface area contributed by atoms with Crippen LogP contribution in [0.2, 0.25) is 0 Å². The number of carbonyl (C=O) groups excluding carboxylic acids is 1. The number of carbonyl (C=O) groups is 1. The van der Waals surface area contributed by atoms with Gasteiger partial charge in [-0.25, -0.2) is 0 Å². The van der Waals surface area contributed by atoms with Gasteiger partial charge in [0.25, 0.3) is 5.91 Å². The summed E-state index contributed by atoms with van der Waals surface area (Å²) in [6, 6.07) is 14.0. The third-order valence-corrected chi connectivity index (χ3v) is 6.22. The van der Waals surface area contributed by atoms with E-state index in [1.54, 1.807) is 21.8 Å². The van der Waals surface area contributed by atoms with Crippen LogP contribution < -0.4 is 10.1 Å². The maximum Gasteiger partial charge on any atom is 0.257 e. The molecule has 2 aromatic carbocycles. The lowest BCUT2D eigenvalue weighted by atomic mass is 10.00. The number of anilines is 2. The lowest BCUT2D eigenvalue weighted by molar-refractivity contribution is 0.0501. The molecule has 1 atom stereocenters. The molecule has 1 amide bonds. The smallest absolute Gasteiger partial charge is 0.257 e. The van der Waals surface area contributed by atoms with Crippen LogP contribution in [0.15, 0.2) is 54.9 Å². The zero-order valence-corrected chi connectivity index (χ0v) is 18.8. The van der Waals surface area contributed by atoms with Crippen molar-refractivity contribution >= 4 is 17.3 Å². The predicted molar refractivity (Wildman–Crippen MR) is 126 cm³/mol. The molecule has 2 aliphatic rings. The first-order chi connectivity index (χ1) is 16.0. The fourth-order valence-electron chi connectivity index (χ4n) is 4.59. The molecular weight excluding hydrogens is 418 g/mol. The van der Waals surface area contributed by atoms with Crippen molar-refractivity contribution in [2.45, 2.75) is 19.1 Å². The minimum atomic E-state index is -0.627. The zero-order valence-electron chi connectivity index (χ0n) is 18.8. The number of aromatic nitrogens is 2. The van der Waals surface area contributed by atoms with E-state index in [1.807, 2.05) is 25.4 Å². The zero-order chi connectivity index (χ0) is 22.8. The molecule has 1 aromatic heterocycles. The number of amides is 1. The van der Waals surface area contributed by atoms with E-state index in [4.69, 9.17) is 4.74 Å². The Morgan fingerprint density at radius 2 is 1.97 bits per heavy atom. The number of aliphatic hydroxyl groups is 1. The van der Waals surface area contributed by atoms with Crippen LogP contribution in [0.4, 0.5) is 11.4 Å². The average Bonchev–Trinajstić information content (AvgIpc) is 3.16. The molecule has 0 radical (unpaired) electrons. The van der Waals surface area contributed by atoms with Gasteiger partial charge in [0.1, 0.15) is 12.4 Å². The van der Waals surface area contributed by atoms with E-state index in [0.717, 1.165) is 30.9 Å². The Labute approximate surface area is 193 Å². The number of benzene rings is 2. The number of rotatable bonds is 6. The molecule has 1 unspecified atom stereocenters. The monoisotopic (exact) mass is 447 g/mol. The first-order valence-electron chi connectivity index (χ1n) is 11.3. The van der Waals surface area contributed by atoms with E-state index >= 15 is 0 Å². The normalized spacial score (nSPS) is 17.0. The summed E-state index contributed by atoms with van der Waals surface area (Å²) in [6.45, 7) is 3.40. The number of nitrogens with zero attached hydrogens (tertiary/aromatic N) is 4. The van der Waals surface area contributed by atoms with Gasteiger partial charge in [-0.1, -0.05) is 24.3 Å². The van der Waals surface area contributed by atoms with Crippen molar-refractivity contribution in [2.75, 3.05) is 38.1 Å². The van der Waals surface area contributed by atoms with Crippen molar-refractivity contribution in [1.29, 1.82) is 0 Å². The highest BCUT2D eigenvalue weighted by Crippen LogP contribution is 2.28. The maximum atomic E-state index is 13.3. The molecular formula is C25H29N5O3. The number of nitrogens with one attached hydrogen (secondary N) is 1. The molecule has 0 bridgehead atoms. The Morgan fingerprint density at radius 1 is 1.12 bits per heavy atom. The fourth-order valence-corrected chi connectivity index (χ4v) is 4.59. The molecule has 5 rings (SSSR count). The van der Waals surface area contributed by atoms with E-state index in [0.29, 0.717) is 31.0 Å². The lowest BCUT2D eigenvalue weighted by Crippen LogP contribution is -2.44. The molecule has 33 heavy (non-hydrogen) atoms. The molecule has 2 N–H and O–H groups in total. The van der Waals surface area contributed by atoms with Crippen molar-refractivity contribution in [3.05, 3.63) is 71.5 Å². The summed E-state index contributed by atoms with van der Waals surface area (Å²) >= 11 is 0. The summed E-state index contributed by atoms with van der Waals surface area (Å²) < 4.78 is 7.54. The summed E-state index contributed by atoms with van der Waals surface area (Å²) in [6.07, 6.45) is 3.95. The second-order valence-corrected chi connectivity index (χ2v) is 8.75. The van der Waals surface area contributed by atoms with Crippen LogP contribution in [0.5, 0.6) is 5.75 Å². The Hall–Kier alpha value is -3.36. The first-order valence-corrected chi connectivity index (χ1v) is 11.3. The Balaban J connectivity index is 1.24. The highest BCUT2D eigenvalue weighted by molar-refractivity contribution is 5.98. The van der Waals surface area contributed by atoms with E-state index in [-0.39, 0.29) is 12.5 Å². The van der Waals surface area contributed by atoms with Gasteiger partial charge in [-0.05, 0) is 35.7 Å². The number of ether oxygens (including phenoxy) is 1. The van der Waals surface area contributed by atoms with Crippen LogP contribution in [0.3, 0.4) is 0 Å². The number of aliphatic hydroxyl groups excluding tert-OH is 1. The van der Waals surface area contributed by atoms with Crippen LogP contribution in [0, 0.1) is 0 Å². The summed E-state index contributed by atoms with van der Waals surface area (Å²) in [5.41, 5.74) is 4.83. The molecule has 0 saturated carbocycles. The van der Waals surface area contributed by atoms with E-state index in [1.165, 1.54) is 11.1 Å². The molecule has 2 aliphatic heterocycles. The van der Waals surface area contributed by atoms with Crippen LogP contribution in [0.1, 0.15) is 21.5 Å². The Morgan fingerprint density at radius 3 is 2.79 bits per heavy atom. The van der Waals surface area contributed by atoms with Gasteiger partial charge in [0.2, 0.25) is 0 Å². The minimum absolute atomic E-state index is 0.125. The second kappa shape index (κ2) is 9.25. The third kappa shape index (κ3) is 4.86. The molecule has 0 fully saturated rings. The topological polar surface area (TPSA) is 82.9 Å². The van der Waals surface area contributed by atoms with Gasteiger partial charge in [-0.3, -0.25) is 14.4 Å². The molecule has 8 nitrogen and oxygen atoms in total. The Kier molecular flexibility index (Phi) is 6.02. The average molecular weight is 448 g/mol. The highest BCUT2D eigenvalue weighted by Gasteiger charge is 2.27. The van der Waals surface area contributed by atoms with Crippen molar-refractivity contribution in [1.82, 2.24) is 19.6 Å². The number of hydrogen-bond acceptors (Lipinski definition) is 6. The van der Waals surface area contributed by atoms with E-state index in [2.05, 4.69) is 39.6 Å². The van der Waals surface area contributed by atoms with Crippen LogP contribution in [-0.4, -0.2) is 69.5 Å². The number of β-amino-alcohol motifs (C(OH)–C–C–N with tert-alkyl or cyclic N) is 1. The largest absolute Gasteiger partial charge is 0.491 e. The van der Waals surface area contributed by atoms with Crippen molar-refractivity contribution < 1.29 is 14.6 Å². The van der Waals surface area contributed by atoms with Crippen molar-refractivity contribution in [3.63, 3.8) is 0 Å². The van der Waals surface area contributed by atoms with Crippen LogP contribution in [-0.2, 0) is 20.0 Å². The summed E-state index contributed by atoms with van der Waals surface area (Å²) in [5.74, 6) is 0.446. The van der Waals surface area contributed by atoms with Gasteiger partial charge in [0, 0.05) is 45.1 Å². The third-order valence-electron chi connectivity index (χ3n) is 6.22. The quantitative estimate of drug-likeness (QED) is 0.604. The van der Waals surface area contributed by atoms with Gasteiger partial charge >= 0.3 is 0 Å². The predicted octanol–water partition coefficient (Wildman–Crippen LogP) is 2.42. The fraction of sp³-hybridized carbons (Fsp3) is 0.360. The van der Waals surface area contributed by atoms with Crippen molar-refractivity contribution in [3.8, 4) is 5.75 Å². The summed E-state index contributed by atoms with van der Waals surface area (Å²) in [7, 11) is 1.85. The second-order valence-electron chi connectivity index (χ2n) is 8.75. The van der Waals surface area contributed by atoms with Gasteiger partial charge in [-0.15, -0.1) is 0 Å². The van der Waals surface area contributed by atoms with E-state index in [9.17, 15) is 9.90 Å². The molecule has 172 valence electrons. The van der Waals surface area contributed by atoms with E-state index < -0.39 is 6.10 Å². The molecule has 0 spiro atoms.